The zero-order chi connectivity index (χ0) is 16.8. The molecule has 0 saturated carbocycles. The van der Waals surface area contributed by atoms with Crippen LogP contribution in [0.5, 0.6) is 0 Å². The molecule has 0 amide bonds. The summed E-state index contributed by atoms with van der Waals surface area (Å²) in [6, 6.07) is 11.7. The second-order valence-corrected chi connectivity index (χ2v) is 6.86. The number of aromatic carboxylic acids is 1. The predicted molar refractivity (Wildman–Crippen MR) is 93.0 cm³/mol. The molecule has 1 heterocycles. The van der Waals surface area contributed by atoms with E-state index in [1.165, 1.54) is 22.4 Å². The number of anilines is 1. The number of aryl methyl sites for hydroxylation is 1. The number of carbonyl (C=O) groups is 1. The third kappa shape index (κ3) is 2.23. The van der Waals surface area contributed by atoms with Gasteiger partial charge in [-0.15, -0.1) is 0 Å². The first-order chi connectivity index (χ1) is 11.6. The highest BCUT2D eigenvalue weighted by atomic mass is 16.4. The Hall–Kier alpha value is -2.55. The van der Waals surface area contributed by atoms with E-state index in [4.69, 9.17) is 0 Å². The normalized spacial score (nSPS) is 24.2. The van der Waals surface area contributed by atoms with E-state index in [-0.39, 0.29) is 11.6 Å². The van der Waals surface area contributed by atoms with Gasteiger partial charge in [-0.3, -0.25) is 0 Å². The first-order valence-corrected chi connectivity index (χ1v) is 8.41. The Kier molecular flexibility index (Phi) is 3.45. The second kappa shape index (κ2) is 5.52. The molecule has 2 aliphatic rings. The first-order valence-electron chi connectivity index (χ1n) is 8.41. The summed E-state index contributed by atoms with van der Waals surface area (Å²) in [7, 11) is 0. The van der Waals surface area contributed by atoms with Crippen molar-refractivity contribution >= 4 is 11.7 Å². The fraction of sp³-hybridized carbons (Fsp3) is 0.286. The molecule has 0 radical (unpaired) electrons. The summed E-state index contributed by atoms with van der Waals surface area (Å²) >= 11 is 0. The lowest BCUT2D eigenvalue weighted by atomic mass is 9.76. The van der Waals surface area contributed by atoms with Gasteiger partial charge in [-0.2, -0.15) is 0 Å². The van der Waals surface area contributed by atoms with Gasteiger partial charge in [-0.1, -0.05) is 48.6 Å². The summed E-state index contributed by atoms with van der Waals surface area (Å²) in [5.41, 5.74) is 6.54. The number of carboxylic acid groups (broad SMARTS) is 1. The summed E-state index contributed by atoms with van der Waals surface area (Å²) < 4.78 is 0. The summed E-state index contributed by atoms with van der Waals surface area (Å²) in [5.74, 6) is -0.241. The maximum atomic E-state index is 11.0. The monoisotopic (exact) mass is 318 g/mol. The van der Waals surface area contributed by atoms with Gasteiger partial charge in [0, 0.05) is 11.6 Å². The van der Waals surface area contributed by atoms with E-state index in [1.807, 2.05) is 12.1 Å². The van der Waals surface area contributed by atoms with Crippen molar-refractivity contribution in [3.8, 4) is 0 Å². The maximum absolute atomic E-state index is 11.0. The van der Waals surface area contributed by atoms with E-state index in [0.717, 1.165) is 12.0 Å². The summed E-state index contributed by atoms with van der Waals surface area (Å²) in [6.45, 7) is 4.30. The molecule has 4 rings (SSSR count). The molecule has 0 fully saturated rings. The largest absolute Gasteiger partial charge is 0.545 e. The van der Waals surface area contributed by atoms with Crippen molar-refractivity contribution in [2.24, 2.45) is 5.92 Å². The molecule has 3 atom stereocenters. The highest BCUT2D eigenvalue weighted by Gasteiger charge is 2.38. The smallest absolute Gasteiger partial charge is 0.0715 e. The number of hydrogen-bond donors (Lipinski definition) is 1. The van der Waals surface area contributed by atoms with Crippen molar-refractivity contribution < 1.29 is 9.90 Å². The topological polar surface area (TPSA) is 52.2 Å². The van der Waals surface area contributed by atoms with Gasteiger partial charge >= 0.3 is 0 Å². The molecule has 1 N–H and O–H groups in total. The van der Waals surface area contributed by atoms with Gasteiger partial charge in [0.2, 0.25) is 0 Å². The van der Waals surface area contributed by atoms with Crippen LogP contribution in [0.25, 0.3) is 0 Å². The van der Waals surface area contributed by atoms with E-state index in [9.17, 15) is 9.90 Å². The minimum Gasteiger partial charge on any atom is -0.545 e. The van der Waals surface area contributed by atoms with Crippen LogP contribution < -0.4 is 10.4 Å². The van der Waals surface area contributed by atoms with Crippen LogP contribution in [0.1, 0.15) is 51.0 Å². The van der Waals surface area contributed by atoms with Crippen LogP contribution in [0.3, 0.4) is 0 Å². The number of allylic oxidation sites excluding steroid dienone is 2. The van der Waals surface area contributed by atoms with E-state index >= 15 is 0 Å². The minimum atomic E-state index is -1.13. The highest BCUT2D eigenvalue weighted by molar-refractivity contribution is 5.85. The molecule has 0 bridgehead atoms. The molecular formula is C21H20NO2-. The molecule has 1 aliphatic carbocycles. The van der Waals surface area contributed by atoms with Gasteiger partial charge in [-0.25, -0.2) is 0 Å². The Morgan fingerprint density at radius 3 is 2.58 bits per heavy atom. The summed E-state index contributed by atoms with van der Waals surface area (Å²) in [4.78, 5) is 11.0. The molecule has 24 heavy (non-hydrogen) atoms. The lowest BCUT2D eigenvalue weighted by Crippen LogP contribution is -2.30. The van der Waals surface area contributed by atoms with Crippen molar-refractivity contribution in [2.45, 2.75) is 32.2 Å². The Bertz CT molecular complexity index is 836. The Morgan fingerprint density at radius 1 is 1.12 bits per heavy atom. The molecule has 0 aromatic heterocycles. The van der Waals surface area contributed by atoms with Crippen LogP contribution in [0.4, 0.5) is 5.69 Å². The van der Waals surface area contributed by atoms with Crippen molar-refractivity contribution in [1.29, 1.82) is 0 Å². The highest BCUT2D eigenvalue weighted by Crippen LogP contribution is 2.50. The second-order valence-electron chi connectivity index (χ2n) is 6.86. The maximum Gasteiger partial charge on any atom is 0.0715 e. The molecule has 0 unspecified atom stereocenters. The zero-order valence-corrected chi connectivity index (χ0v) is 13.9. The van der Waals surface area contributed by atoms with Crippen molar-refractivity contribution in [3.63, 3.8) is 0 Å². The van der Waals surface area contributed by atoms with Crippen LogP contribution in [-0.4, -0.2) is 5.97 Å². The number of carbonyl (C=O) groups excluding carboxylic acids is 1. The Labute approximate surface area is 142 Å². The number of fused-ring (bicyclic) bond motifs is 3. The number of carboxylic acids is 1. The molecule has 0 spiro atoms. The predicted octanol–water partition coefficient (Wildman–Crippen LogP) is 3.49. The number of nitrogens with one attached hydrogen (secondary N) is 1. The average Bonchev–Trinajstić information content (AvgIpc) is 3.07. The zero-order valence-electron chi connectivity index (χ0n) is 13.9. The van der Waals surface area contributed by atoms with Gasteiger partial charge in [-0.05, 0) is 54.0 Å². The number of rotatable bonds is 2. The standard InChI is InChI=1S/C21H21NO2/c1-12-6-11-18-16-4-3-5-17(16)20(22-19(18)13(12)2)14-7-9-15(10-8-14)21(23)24/h3-4,6-11,16-17,20,22H,5H2,1-2H3,(H,23,24)/p-1/t16-,17-,20-/m0/s1. The number of hydrogen-bond acceptors (Lipinski definition) is 3. The van der Waals surface area contributed by atoms with Gasteiger partial charge in [0.05, 0.1) is 12.0 Å². The quantitative estimate of drug-likeness (QED) is 0.862. The van der Waals surface area contributed by atoms with Crippen molar-refractivity contribution in [1.82, 2.24) is 0 Å². The van der Waals surface area contributed by atoms with Gasteiger partial charge in [0.15, 0.2) is 0 Å². The van der Waals surface area contributed by atoms with Crippen LogP contribution in [0.2, 0.25) is 0 Å². The van der Waals surface area contributed by atoms with Crippen LogP contribution in [0, 0.1) is 19.8 Å². The summed E-state index contributed by atoms with van der Waals surface area (Å²) in [6.07, 6.45) is 5.63. The lowest BCUT2D eigenvalue weighted by Gasteiger charge is -2.38. The fourth-order valence-corrected chi connectivity index (χ4v) is 4.08. The molecule has 3 nitrogen and oxygen atoms in total. The van der Waals surface area contributed by atoms with E-state index in [2.05, 4.69) is 43.4 Å². The van der Waals surface area contributed by atoms with Crippen LogP contribution in [-0.2, 0) is 0 Å². The molecule has 0 saturated heterocycles. The third-order valence-corrected chi connectivity index (χ3v) is 5.57. The van der Waals surface area contributed by atoms with Crippen LogP contribution in [0.15, 0.2) is 48.6 Å². The van der Waals surface area contributed by atoms with Gasteiger partial charge < -0.3 is 15.2 Å². The van der Waals surface area contributed by atoms with E-state index in [0.29, 0.717) is 11.8 Å². The van der Waals surface area contributed by atoms with Crippen molar-refractivity contribution in [3.05, 3.63) is 76.4 Å². The molecule has 122 valence electrons. The van der Waals surface area contributed by atoms with E-state index < -0.39 is 5.97 Å². The lowest BCUT2D eigenvalue weighted by molar-refractivity contribution is -0.255. The molecule has 2 aromatic carbocycles. The fourth-order valence-electron chi connectivity index (χ4n) is 4.08. The molecule has 2 aromatic rings. The summed E-state index contributed by atoms with van der Waals surface area (Å²) in [5, 5.41) is 14.7. The van der Waals surface area contributed by atoms with Gasteiger partial charge in [0.25, 0.3) is 0 Å². The first kappa shape index (κ1) is 15.0. The van der Waals surface area contributed by atoms with E-state index in [1.54, 1.807) is 12.1 Å². The van der Waals surface area contributed by atoms with Crippen molar-refractivity contribution in [2.75, 3.05) is 5.32 Å². The molecule has 3 heteroatoms. The minimum absolute atomic E-state index is 0.189. The Balaban J connectivity index is 1.77. The van der Waals surface area contributed by atoms with Gasteiger partial charge in [0.1, 0.15) is 0 Å². The number of benzene rings is 2. The third-order valence-electron chi connectivity index (χ3n) is 5.57. The Morgan fingerprint density at radius 2 is 1.88 bits per heavy atom. The molecular weight excluding hydrogens is 298 g/mol. The SMILES string of the molecule is Cc1ccc2c(c1C)N[C@@H](c1ccc(C(=O)[O-])cc1)[C@H]1CC=C[C@H]21. The average molecular weight is 318 g/mol. The van der Waals surface area contributed by atoms with Crippen LogP contribution >= 0.6 is 0 Å². The molecule has 1 aliphatic heterocycles.